The van der Waals surface area contributed by atoms with Gasteiger partial charge in [0, 0.05) is 9.75 Å². The van der Waals surface area contributed by atoms with E-state index in [1.54, 1.807) is 21.6 Å². The van der Waals surface area contributed by atoms with Crippen molar-refractivity contribution in [1.82, 2.24) is 0 Å². The first-order chi connectivity index (χ1) is 7.12. The SMILES string of the molecule is CCC(SSC(CC)[Si](C)(C)O)[Si](C)(C)O. The summed E-state index contributed by atoms with van der Waals surface area (Å²) in [5, 5.41) is 0. The lowest BCUT2D eigenvalue weighted by Crippen LogP contribution is -2.41. The van der Waals surface area contributed by atoms with Crippen LogP contribution in [0.2, 0.25) is 26.2 Å². The highest BCUT2D eigenvalue weighted by Gasteiger charge is 2.34. The van der Waals surface area contributed by atoms with Crippen molar-refractivity contribution in [3.05, 3.63) is 0 Å². The molecule has 0 saturated carbocycles. The Morgan fingerprint density at radius 1 is 0.812 bits per heavy atom. The third-order valence-electron chi connectivity index (χ3n) is 2.61. The van der Waals surface area contributed by atoms with E-state index in [-0.39, 0.29) is 0 Å². The Hall–Kier alpha value is 1.05. The van der Waals surface area contributed by atoms with Crippen LogP contribution in [0.1, 0.15) is 26.7 Å². The second-order valence-electron chi connectivity index (χ2n) is 5.29. The van der Waals surface area contributed by atoms with Crippen LogP contribution in [0.4, 0.5) is 0 Å². The molecule has 0 rings (SSSR count). The predicted octanol–water partition coefficient (Wildman–Crippen LogP) is 3.40. The van der Waals surface area contributed by atoms with E-state index in [0.717, 1.165) is 12.8 Å². The smallest absolute Gasteiger partial charge is 0.196 e. The second-order valence-corrected chi connectivity index (χ2v) is 16.8. The molecule has 98 valence electrons. The van der Waals surface area contributed by atoms with Crippen molar-refractivity contribution in [1.29, 1.82) is 0 Å². The van der Waals surface area contributed by atoms with Crippen molar-refractivity contribution in [3.8, 4) is 0 Å². The van der Waals surface area contributed by atoms with Gasteiger partial charge in [-0.15, -0.1) is 0 Å². The van der Waals surface area contributed by atoms with Crippen molar-refractivity contribution < 1.29 is 9.59 Å². The molecule has 0 spiro atoms. The van der Waals surface area contributed by atoms with Gasteiger partial charge < -0.3 is 9.59 Å². The Labute approximate surface area is 110 Å². The first kappa shape index (κ1) is 17.1. The molecule has 2 atom stereocenters. The summed E-state index contributed by atoms with van der Waals surface area (Å²) in [6.07, 6.45) is 2.02. The first-order valence-electron chi connectivity index (χ1n) is 5.89. The fourth-order valence-corrected chi connectivity index (χ4v) is 12.8. The highest BCUT2D eigenvalue weighted by molar-refractivity contribution is 8.77. The van der Waals surface area contributed by atoms with E-state index in [0.29, 0.717) is 9.75 Å². The average Bonchev–Trinajstić information content (AvgIpc) is 2.08. The quantitative estimate of drug-likeness (QED) is 0.558. The summed E-state index contributed by atoms with van der Waals surface area (Å²) >= 11 is 0. The molecule has 16 heavy (non-hydrogen) atoms. The zero-order valence-electron chi connectivity index (χ0n) is 11.3. The normalized spacial score (nSPS) is 17.2. The Kier molecular flexibility index (Phi) is 7.30. The Morgan fingerprint density at radius 2 is 1.06 bits per heavy atom. The van der Waals surface area contributed by atoms with E-state index in [1.807, 2.05) is 26.2 Å². The summed E-state index contributed by atoms with van der Waals surface area (Å²) in [7, 11) is -0.517. The summed E-state index contributed by atoms with van der Waals surface area (Å²) in [5.74, 6) is 0. The van der Waals surface area contributed by atoms with Crippen LogP contribution in [-0.2, 0) is 0 Å². The molecule has 0 bridgehead atoms. The Bertz CT molecular complexity index is 180. The molecule has 0 heterocycles. The lowest BCUT2D eigenvalue weighted by atomic mass is 10.6. The second kappa shape index (κ2) is 6.85. The van der Waals surface area contributed by atoms with Crippen LogP contribution in [0.3, 0.4) is 0 Å². The van der Waals surface area contributed by atoms with E-state index in [4.69, 9.17) is 0 Å². The fourth-order valence-electron chi connectivity index (χ4n) is 1.50. The summed E-state index contributed by atoms with van der Waals surface area (Å²) in [6, 6.07) is 0. The van der Waals surface area contributed by atoms with Crippen LogP contribution in [-0.4, -0.2) is 36.0 Å². The third-order valence-corrected chi connectivity index (χ3v) is 14.7. The van der Waals surface area contributed by atoms with Crippen molar-refractivity contribution in [3.63, 3.8) is 0 Å². The van der Waals surface area contributed by atoms with Crippen LogP contribution >= 0.6 is 21.6 Å². The zero-order valence-corrected chi connectivity index (χ0v) is 14.9. The molecule has 6 heteroatoms. The molecule has 0 aromatic rings. The molecule has 0 fully saturated rings. The molecule has 2 N–H and O–H groups in total. The van der Waals surface area contributed by atoms with Crippen molar-refractivity contribution in [2.24, 2.45) is 0 Å². The molecular weight excluding hydrogens is 272 g/mol. The van der Waals surface area contributed by atoms with Crippen LogP contribution in [0, 0.1) is 0 Å². The summed E-state index contributed by atoms with van der Waals surface area (Å²) in [6.45, 7) is 12.3. The maximum atomic E-state index is 10.1. The van der Waals surface area contributed by atoms with Crippen LogP contribution < -0.4 is 0 Å². The van der Waals surface area contributed by atoms with Gasteiger partial charge in [0.05, 0.1) is 0 Å². The largest absolute Gasteiger partial charge is 0.431 e. The molecule has 0 aliphatic carbocycles. The lowest BCUT2D eigenvalue weighted by molar-refractivity contribution is 0.541. The van der Waals surface area contributed by atoms with Gasteiger partial charge in [0.25, 0.3) is 0 Å². The topological polar surface area (TPSA) is 40.5 Å². The minimum Gasteiger partial charge on any atom is -0.431 e. The molecule has 0 radical (unpaired) electrons. The van der Waals surface area contributed by atoms with Crippen LogP contribution in [0.25, 0.3) is 0 Å². The predicted molar refractivity (Wildman–Crippen MR) is 82.7 cm³/mol. The van der Waals surface area contributed by atoms with Crippen LogP contribution in [0.5, 0.6) is 0 Å². The third kappa shape index (κ3) is 6.11. The standard InChI is InChI=1S/C10H26O2S2Si2/c1-7-9(15(3,4)11)13-14-10(8-2)16(5,6)12/h9-12H,7-8H2,1-6H3. The van der Waals surface area contributed by atoms with Gasteiger partial charge in [-0.25, -0.2) is 0 Å². The molecular formula is C10H26O2S2Si2. The number of rotatable bonds is 7. The van der Waals surface area contributed by atoms with E-state index in [9.17, 15) is 9.59 Å². The van der Waals surface area contributed by atoms with E-state index >= 15 is 0 Å². The Morgan fingerprint density at radius 3 is 1.19 bits per heavy atom. The van der Waals surface area contributed by atoms with Crippen molar-refractivity contribution in [2.45, 2.75) is 62.6 Å². The van der Waals surface area contributed by atoms with Gasteiger partial charge in [0.1, 0.15) is 0 Å². The molecule has 2 unspecified atom stereocenters. The highest BCUT2D eigenvalue weighted by Crippen LogP contribution is 2.39. The van der Waals surface area contributed by atoms with E-state index in [2.05, 4.69) is 13.8 Å². The first-order valence-corrected chi connectivity index (χ1v) is 14.2. The van der Waals surface area contributed by atoms with Gasteiger partial charge in [-0.3, -0.25) is 0 Å². The van der Waals surface area contributed by atoms with E-state index < -0.39 is 16.6 Å². The maximum absolute atomic E-state index is 10.1. The minimum absolute atomic E-state index is 0.364. The monoisotopic (exact) mass is 298 g/mol. The van der Waals surface area contributed by atoms with Crippen molar-refractivity contribution in [2.75, 3.05) is 0 Å². The Balaban J connectivity index is 4.30. The molecule has 0 saturated heterocycles. The summed E-state index contributed by atoms with van der Waals surface area (Å²) in [5.41, 5.74) is 0. The molecule has 0 aliphatic heterocycles. The molecule has 0 aromatic carbocycles. The van der Waals surface area contributed by atoms with Gasteiger partial charge in [-0.2, -0.15) is 0 Å². The molecule has 0 aliphatic rings. The van der Waals surface area contributed by atoms with Gasteiger partial charge in [0.15, 0.2) is 16.6 Å². The fraction of sp³-hybridized carbons (Fsp3) is 1.00. The summed E-state index contributed by atoms with van der Waals surface area (Å²) < 4.78 is 0. The number of hydrogen-bond donors (Lipinski definition) is 2. The van der Waals surface area contributed by atoms with Gasteiger partial charge >= 0.3 is 0 Å². The van der Waals surface area contributed by atoms with Gasteiger partial charge in [-0.1, -0.05) is 35.4 Å². The molecule has 0 aromatic heterocycles. The molecule has 0 amide bonds. The number of hydrogen-bond acceptors (Lipinski definition) is 4. The average molecular weight is 299 g/mol. The summed E-state index contributed by atoms with van der Waals surface area (Å²) in [4.78, 5) is 21.0. The highest BCUT2D eigenvalue weighted by atomic mass is 33.1. The van der Waals surface area contributed by atoms with Gasteiger partial charge in [0.2, 0.25) is 0 Å². The lowest BCUT2D eigenvalue weighted by Gasteiger charge is -2.29. The zero-order chi connectivity index (χ0) is 13.0. The van der Waals surface area contributed by atoms with Crippen LogP contribution in [0.15, 0.2) is 0 Å². The van der Waals surface area contributed by atoms with Gasteiger partial charge in [-0.05, 0) is 39.0 Å². The molecule has 2 nitrogen and oxygen atoms in total. The maximum Gasteiger partial charge on any atom is 0.196 e. The van der Waals surface area contributed by atoms with E-state index in [1.165, 1.54) is 0 Å². The minimum atomic E-state index is -2.05. The van der Waals surface area contributed by atoms with Crippen molar-refractivity contribution >= 4 is 38.2 Å².